The third kappa shape index (κ3) is 5.67. The standard InChI is InChI=1S/C18H20ClN3O2.HI/c19-13-5-7-14(8-6-13)23-12-10-21-18(20)22-16-9-11-24-17-4-2-1-3-15(16)17;/h1-8,16H,9-12H2,(H3,20,21,22);1H. The topological polar surface area (TPSA) is 68.9 Å². The maximum absolute atomic E-state index is 5.99. The molecule has 0 amide bonds. The predicted octanol–water partition coefficient (Wildman–Crippen LogP) is 3.76. The molecule has 0 spiro atoms. The number of nitrogens with zero attached hydrogens (tertiary/aromatic N) is 1. The van der Waals surface area contributed by atoms with Crippen LogP contribution in [0.3, 0.4) is 0 Å². The maximum Gasteiger partial charge on any atom is 0.189 e. The zero-order valence-corrected chi connectivity index (χ0v) is 16.7. The van der Waals surface area contributed by atoms with Gasteiger partial charge in [0.25, 0.3) is 0 Å². The first-order valence-electron chi connectivity index (χ1n) is 7.89. The molecule has 5 nitrogen and oxygen atoms in total. The maximum atomic E-state index is 5.99. The summed E-state index contributed by atoms with van der Waals surface area (Å²) in [6.45, 7) is 1.60. The van der Waals surface area contributed by atoms with E-state index < -0.39 is 0 Å². The number of nitrogens with two attached hydrogens (primary N) is 1. The van der Waals surface area contributed by atoms with Crippen molar-refractivity contribution in [3.63, 3.8) is 0 Å². The van der Waals surface area contributed by atoms with E-state index in [1.165, 1.54) is 0 Å². The lowest BCUT2D eigenvalue weighted by atomic mass is 10.0. The zero-order valence-electron chi connectivity index (χ0n) is 13.7. The molecule has 134 valence electrons. The molecule has 0 saturated heterocycles. The monoisotopic (exact) mass is 473 g/mol. The highest BCUT2D eigenvalue weighted by atomic mass is 127. The summed E-state index contributed by atoms with van der Waals surface area (Å²) in [6, 6.07) is 15.3. The molecule has 7 heteroatoms. The first-order chi connectivity index (χ1) is 11.7. The molecule has 3 rings (SSSR count). The van der Waals surface area contributed by atoms with Gasteiger partial charge < -0.3 is 20.5 Å². The molecule has 0 aromatic heterocycles. The van der Waals surface area contributed by atoms with Crippen molar-refractivity contribution in [2.24, 2.45) is 10.7 Å². The average Bonchev–Trinajstić information content (AvgIpc) is 2.61. The van der Waals surface area contributed by atoms with Gasteiger partial charge in [0, 0.05) is 17.0 Å². The van der Waals surface area contributed by atoms with Crippen LogP contribution in [0, 0.1) is 0 Å². The molecule has 2 aromatic rings. The fourth-order valence-corrected chi connectivity index (χ4v) is 2.70. The molecule has 2 aromatic carbocycles. The Morgan fingerprint density at radius 2 is 2.00 bits per heavy atom. The van der Waals surface area contributed by atoms with E-state index in [0.29, 0.717) is 30.7 Å². The lowest BCUT2D eigenvalue weighted by Gasteiger charge is -2.26. The normalized spacial score (nSPS) is 16.2. The van der Waals surface area contributed by atoms with Crippen LogP contribution in [0.1, 0.15) is 18.0 Å². The van der Waals surface area contributed by atoms with Gasteiger partial charge in [0.1, 0.15) is 18.1 Å². The van der Waals surface area contributed by atoms with Gasteiger partial charge in [-0.2, -0.15) is 0 Å². The van der Waals surface area contributed by atoms with E-state index in [4.69, 9.17) is 26.8 Å². The molecule has 1 aliphatic heterocycles. The van der Waals surface area contributed by atoms with E-state index >= 15 is 0 Å². The van der Waals surface area contributed by atoms with Gasteiger partial charge in [-0.15, -0.1) is 24.0 Å². The molecule has 1 heterocycles. The Morgan fingerprint density at radius 3 is 2.80 bits per heavy atom. The number of para-hydroxylation sites is 1. The van der Waals surface area contributed by atoms with E-state index in [-0.39, 0.29) is 30.0 Å². The summed E-state index contributed by atoms with van der Waals surface area (Å²) in [5, 5.41) is 3.94. The van der Waals surface area contributed by atoms with E-state index in [2.05, 4.69) is 10.3 Å². The Bertz CT molecular complexity index is 710. The van der Waals surface area contributed by atoms with Crippen molar-refractivity contribution in [1.82, 2.24) is 5.32 Å². The van der Waals surface area contributed by atoms with Crippen molar-refractivity contribution in [2.75, 3.05) is 19.8 Å². The van der Waals surface area contributed by atoms with Crippen LogP contribution in [-0.2, 0) is 0 Å². The van der Waals surface area contributed by atoms with Gasteiger partial charge in [-0.1, -0.05) is 29.8 Å². The lowest BCUT2D eigenvalue weighted by molar-refractivity contribution is 0.262. The predicted molar refractivity (Wildman–Crippen MR) is 111 cm³/mol. The van der Waals surface area contributed by atoms with Gasteiger partial charge in [0.15, 0.2) is 5.96 Å². The minimum absolute atomic E-state index is 0. The molecule has 1 atom stereocenters. The molecule has 1 unspecified atom stereocenters. The molecule has 1 aliphatic rings. The van der Waals surface area contributed by atoms with Gasteiger partial charge in [0.2, 0.25) is 0 Å². The number of rotatable bonds is 5. The number of fused-ring (bicyclic) bond motifs is 1. The van der Waals surface area contributed by atoms with Gasteiger partial charge in [-0.3, -0.25) is 0 Å². The Labute approximate surface area is 169 Å². The van der Waals surface area contributed by atoms with Crippen LogP contribution >= 0.6 is 35.6 Å². The summed E-state index contributed by atoms with van der Waals surface area (Å²) in [5.74, 6) is 2.08. The molecular weight excluding hydrogens is 453 g/mol. The van der Waals surface area contributed by atoms with E-state index in [0.717, 1.165) is 23.5 Å². The third-order valence-electron chi connectivity index (χ3n) is 3.74. The largest absolute Gasteiger partial charge is 0.493 e. The van der Waals surface area contributed by atoms with E-state index in [9.17, 15) is 0 Å². The third-order valence-corrected chi connectivity index (χ3v) is 3.99. The average molecular weight is 474 g/mol. The van der Waals surface area contributed by atoms with Crippen molar-refractivity contribution in [1.29, 1.82) is 0 Å². The Hall–Kier alpha value is -1.67. The number of benzene rings is 2. The molecule has 0 radical (unpaired) electrons. The second-order valence-corrected chi connectivity index (χ2v) is 5.88. The molecular formula is C18H21ClIN3O2. The number of guanidine groups is 1. The van der Waals surface area contributed by atoms with Crippen LogP contribution in [0.15, 0.2) is 53.5 Å². The number of nitrogens with one attached hydrogen (secondary N) is 1. The van der Waals surface area contributed by atoms with Crippen LogP contribution in [-0.4, -0.2) is 25.7 Å². The van der Waals surface area contributed by atoms with Crippen molar-refractivity contribution >= 4 is 41.5 Å². The molecule has 0 aliphatic carbocycles. The van der Waals surface area contributed by atoms with Crippen molar-refractivity contribution < 1.29 is 9.47 Å². The second-order valence-electron chi connectivity index (χ2n) is 5.44. The summed E-state index contributed by atoms with van der Waals surface area (Å²) in [5.41, 5.74) is 7.10. The fourth-order valence-electron chi connectivity index (χ4n) is 2.58. The van der Waals surface area contributed by atoms with Crippen LogP contribution < -0.4 is 20.5 Å². The van der Waals surface area contributed by atoms with Crippen molar-refractivity contribution in [2.45, 2.75) is 12.5 Å². The molecule has 0 bridgehead atoms. The Morgan fingerprint density at radius 1 is 1.24 bits per heavy atom. The zero-order chi connectivity index (χ0) is 16.8. The van der Waals surface area contributed by atoms with E-state index in [1.807, 2.05) is 36.4 Å². The second kappa shape index (κ2) is 9.72. The number of hydrogen-bond acceptors (Lipinski definition) is 3. The van der Waals surface area contributed by atoms with Crippen molar-refractivity contribution in [3.8, 4) is 11.5 Å². The number of halogens is 2. The van der Waals surface area contributed by atoms with Crippen molar-refractivity contribution in [3.05, 3.63) is 59.1 Å². The summed E-state index contributed by atoms with van der Waals surface area (Å²) in [6.07, 6.45) is 0.856. The van der Waals surface area contributed by atoms with Crippen LogP contribution in [0.2, 0.25) is 5.02 Å². The summed E-state index contributed by atoms with van der Waals surface area (Å²) < 4.78 is 11.2. The first-order valence-corrected chi connectivity index (χ1v) is 8.27. The summed E-state index contributed by atoms with van der Waals surface area (Å²) in [4.78, 5) is 4.32. The summed E-state index contributed by atoms with van der Waals surface area (Å²) >= 11 is 5.83. The molecule has 0 saturated carbocycles. The molecule has 25 heavy (non-hydrogen) atoms. The van der Waals surface area contributed by atoms with Gasteiger partial charge >= 0.3 is 0 Å². The highest BCUT2D eigenvalue weighted by molar-refractivity contribution is 14.0. The van der Waals surface area contributed by atoms with Gasteiger partial charge in [0.05, 0.1) is 19.2 Å². The minimum Gasteiger partial charge on any atom is -0.493 e. The van der Waals surface area contributed by atoms with Gasteiger partial charge in [-0.25, -0.2) is 4.99 Å². The Balaban J connectivity index is 0.00000225. The van der Waals surface area contributed by atoms with Crippen LogP contribution in [0.4, 0.5) is 0 Å². The van der Waals surface area contributed by atoms with Crippen LogP contribution in [0.5, 0.6) is 11.5 Å². The SMILES string of the molecule is I.NC(=NCCOc1ccc(Cl)cc1)NC1CCOc2ccccc21. The highest BCUT2D eigenvalue weighted by Crippen LogP contribution is 2.31. The number of ether oxygens (including phenoxy) is 2. The van der Waals surface area contributed by atoms with Crippen LogP contribution in [0.25, 0.3) is 0 Å². The fraction of sp³-hybridized carbons (Fsp3) is 0.278. The van der Waals surface area contributed by atoms with Gasteiger partial charge in [-0.05, 0) is 30.3 Å². The Kier molecular flexibility index (Phi) is 7.64. The van der Waals surface area contributed by atoms with E-state index in [1.54, 1.807) is 12.1 Å². The highest BCUT2D eigenvalue weighted by Gasteiger charge is 2.21. The smallest absolute Gasteiger partial charge is 0.189 e. The minimum atomic E-state index is 0. The number of hydrogen-bond donors (Lipinski definition) is 2. The number of aliphatic imine (C=N–C) groups is 1. The lowest BCUT2D eigenvalue weighted by Crippen LogP contribution is -2.37. The molecule has 3 N–H and O–H groups in total. The quantitative estimate of drug-likeness (QED) is 0.300. The summed E-state index contributed by atoms with van der Waals surface area (Å²) in [7, 11) is 0. The molecule has 0 fully saturated rings. The first kappa shape index (κ1) is 19.7.